The van der Waals surface area contributed by atoms with Gasteiger partial charge in [-0.05, 0) is 49.8 Å². The first-order valence-electron chi connectivity index (χ1n) is 11.9. The molecule has 10 heteroatoms. The Bertz CT molecular complexity index is 1380. The molecule has 3 aromatic rings. The zero-order valence-electron chi connectivity index (χ0n) is 19.6. The summed E-state index contributed by atoms with van der Waals surface area (Å²) in [6.45, 7) is 0.305. The summed E-state index contributed by atoms with van der Waals surface area (Å²) in [6.07, 6.45) is 4.15. The van der Waals surface area contributed by atoms with E-state index in [1.165, 1.54) is 29.3 Å². The van der Waals surface area contributed by atoms with Gasteiger partial charge < -0.3 is 15.3 Å². The number of aromatic nitrogens is 1. The van der Waals surface area contributed by atoms with Gasteiger partial charge in [0.15, 0.2) is 17.2 Å². The summed E-state index contributed by atoms with van der Waals surface area (Å²) in [5.41, 5.74) is -1.83. The molecule has 2 amide bonds. The summed E-state index contributed by atoms with van der Waals surface area (Å²) in [6, 6.07) is 11.5. The predicted octanol–water partition coefficient (Wildman–Crippen LogP) is 5.24. The SMILES string of the molecule is O=C(NC1CCC(CN2C(=O)C(O)(c3cccc(F)c3F)c3ccccc32)CC1)c1cc(Cl)cnc1Cl. The summed E-state index contributed by atoms with van der Waals surface area (Å²) in [4.78, 5) is 31.6. The van der Waals surface area contributed by atoms with Crippen LogP contribution in [0.3, 0.4) is 0 Å². The minimum atomic E-state index is -2.32. The molecule has 2 N–H and O–H groups in total. The third-order valence-electron chi connectivity index (χ3n) is 7.15. The predicted molar refractivity (Wildman–Crippen MR) is 136 cm³/mol. The zero-order valence-corrected chi connectivity index (χ0v) is 21.1. The van der Waals surface area contributed by atoms with Gasteiger partial charge in [-0.15, -0.1) is 0 Å². The van der Waals surface area contributed by atoms with Crippen LogP contribution in [0.15, 0.2) is 54.7 Å². The molecule has 2 aliphatic rings. The molecule has 192 valence electrons. The summed E-state index contributed by atoms with van der Waals surface area (Å²) in [5.74, 6) is -3.36. The average molecular weight is 546 g/mol. The standard InChI is InChI=1S/C27H23Cl2F2N3O3/c28-16-12-18(24(29)32-13-16)25(35)33-17-10-8-15(9-11-17)14-34-22-7-2-1-4-19(22)27(37,26(34)36)20-5-3-6-21(30)23(20)31/h1-7,12-13,15,17,37H,8-11,14H2,(H,33,35). The Hall–Kier alpha value is -3.07. The van der Waals surface area contributed by atoms with Crippen molar-refractivity contribution in [3.05, 3.63) is 93.2 Å². The van der Waals surface area contributed by atoms with Gasteiger partial charge in [-0.2, -0.15) is 0 Å². The van der Waals surface area contributed by atoms with Crippen molar-refractivity contribution < 1.29 is 23.5 Å². The van der Waals surface area contributed by atoms with Gasteiger partial charge in [-0.25, -0.2) is 13.8 Å². The van der Waals surface area contributed by atoms with Crippen LogP contribution in [-0.4, -0.2) is 34.5 Å². The minimum absolute atomic E-state index is 0.0732. The molecular weight excluding hydrogens is 523 g/mol. The van der Waals surface area contributed by atoms with Crippen LogP contribution >= 0.6 is 23.2 Å². The van der Waals surface area contributed by atoms with E-state index in [9.17, 15) is 23.5 Å². The number of amides is 2. The van der Waals surface area contributed by atoms with Crippen molar-refractivity contribution >= 4 is 40.7 Å². The number of nitrogens with one attached hydrogen (secondary N) is 1. The lowest BCUT2D eigenvalue weighted by Crippen LogP contribution is -2.45. The Kier molecular flexibility index (Phi) is 6.91. The molecule has 6 nitrogen and oxygen atoms in total. The number of aliphatic hydroxyl groups is 1. The van der Waals surface area contributed by atoms with Crippen molar-refractivity contribution in [2.24, 2.45) is 5.92 Å². The van der Waals surface area contributed by atoms with Crippen LogP contribution in [0.2, 0.25) is 10.2 Å². The van der Waals surface area contributed by atoms with Gasteiger partial charge in [0.05, 0.1) is 16.3 Å². The van der Waals surface area contributed by atoms with E-state index in [2.05, 4.69) is 10.3 Å². The van der Waals surface area contributed by atoms with Gasteiger partial charge in [0.1, 0.15) is 5.15 Å². The fourth-order valence-electron chi connectivity index (χ4n) is 5.25. The number of hydrogen-bond donors (Lipinski definition) is 2. The number of fused-ring (bicyclic) bond motifs is 1. The van der Waals surface area contributed by atoms with Gasteiger partial charge in [-0.3, -0.25) is 9.59 Å². The normalized spacial score (nSPS) is 23.2. The molecule has 0 radical (unpaired) electrons. The van der Waals surface area contributed by atoms with Crippen LogP contribution in [0.1, 0.15) is 47.2 Å². The molecule has 1 aromatic heterocycles. The molecule has 1 atom stereocenters. The molecule has 5 rings (SSSR count). The Morgan fingerprint density at radius 3 is 2.54 bits per heavy atom. The molecule has 2 heterocycles. The van der Waals surface area contributed by atoms with E-state index < -0.39 is 28.7 Å². The van der Waals surface area contributed by atoms with Gasteiger partial charge in [0.2, 0.25) is 0 Å². The number of nitrogens with zero attached hydrogens (tertiary/aromatic N) is 2. The van der Waals surface area contributed by atoms with Crippen LogP contribution in [-0.2, 0) is 10.4 Å². The number of hydrogen-bond acceptors (Lipinski definition) is 4. The van der Waals surface area contributed by atoms with E-state index in [0.717, 1.165) is 6.07 Å². The van der Waals surface area contributed by atoms with Crippen LogP contribution in [0.4, 0.5) is 14.5 Å². The number of benzene rings is 2. The molecule has 0 spiro atoms. The number of para-hydroxylation sites is 1. The van der Waals surface area contributed by atoms with E-state index in [1.54, 1.807) is 24.3 Å². The molecule has 0 saturated heterocycles. The second kappa shape index (κ2) is 10.0. The lowest BCUT2D eigenvalue weighted by Gasteiger charge is -2.32. The Balaban J connectivity index is 1.29. The molecule has 1 aliphatic heterocycles. The first-order valence-corrected chi connectivity index (χ1v) is 12.7. The van der Waals surface area contributed by atoms with Gasteiger partial charge in [-0.1, -0.05) is 53.5 Å². The lowest BCUT2D eigenvalue weighted by molar-refractivity contribution is -0.132. The molecular formula is C27H23Cl2F2N3O3. The molecule has 1 unspecified atom stereocenters. The quantitative estimate of drug-likeness (QED) is 0.429. The number of carbonyl (C=O) groups is 2. The maximum atomic E-state index is 14.7. The van der Waals surface area contributed by atoms with Crippen molar-refractivity contribution in [1.82, 2.24) is 10.3 Å². The monoisotopic (exact) mass is 545 g/mol. The van der Waals surface area contributed by atoms with Crippen LogP contribution in [0.5, 0.6) is 0 Å². The van der Waals surface area contributed by atoms with E-state index in [1.807, 2.05) is 0 Å². The van der Waals surface area contributed by atoms with E-state index >= 15 is 0 Å². The first kappa shape index (κ1) is 25.6. The van der Waals surface area contributed by atoms with Crippen molar-refractivity contribution in [3.8, 4) is 0 Å². The highest BCUT2D eigenvalue weighted by atomic mass is 35.5. The summed E-state index contributed by atoms with van der Waals surface area (Å²) in [7, 11) is 0. The molecule has 1 aliphatic carbocycles. The number of rotatable bonds is 5. The third-order valence-corrected chi connectivity index (χ3v) is 7.66. The molecule has 2 aromatic carbocycles. The Morgan fingerprint density at radius 2 is 1.78 bits per heavy atom. The summed E-state index contributed by atoms with van der Waals surface area (Å²) < 4.78 is 28.7. The van der Waals surface area contributed by atoms with Crippen molar-refractivity contribution in [1.29, 1.82) is 0 Å². The highest BCUT2D eigenvalue weighted by Crippen LogP contribution is 2.46. The minimum Gasteiger partial charge on any atom is -0.372 e. The van der Waals surface area contributed by atoms with Crippen molar-refractivity contribution in [2.75, 3.05) is 11.4 Å². The van der Waals surface area contributed by atoms with Gasteiger partial charge >= 0.3 is 0 Å². The van der Waals surface area contributed by atoms with Gasteiger partial charge in [0, 0.05) is 29.9 Å². The maximum Gasteiger partial charge on any atom is 0.268 e. The molecule has 1 fully saturated rings. The number of carbonyl (C=O) groups excluding carboxylic acids is 2. The zero-order chi connectivity index (χ0) is 26.3. The van der Waals surface area contributed by atoms with Gasteiger partial charge in [0.25, 0.3) is 11.8 Å². The lowest BCUT2D eigenvalue weighted by atomic mass is 9.85. The maximum absolute atomic E-state index is 14.7. The highest BCUT2D eigenvalue weighted by Gasteiger charge is 2.53. The fourth-order valence-corrected chi connectivity index (χ4v) is 5.60. The second-order valence-electron chi connectivity index (χ2n) is 9.43. The van der Waals surface area contributed by atoms with Crippen LogP contribution in [0.25, 0.3) is 0 Å². The highest BCUT2D eigenvalue weighted by molar-refractivity contribution is 6.34. The smallest absolute Gasteiger partial charge is 0.268 e. The number of anilines is 1. The van der Waals surface area contributed by atoms with E-state index in [0.29, 0.717) is 42.9 Å². The Labute approximate surface area is 222 Å². The Morgan fingerprint density at radius 1 is 1.08 bits per heavy atom. The topological polar surface area (TPSA) is 82.5 Å². The number of pyridine rings is 1. The summed E-state index contributed by atoms with van der Waals surface area (Å²) in [5, 5.41) is 14.9. The van der Waals surface area contributed by atoms with E-state index in [4.69, 9.17) is 23.2 Å². The van der Waals surface area contributed by atoms with E-state index in [-0.39, 0.29) is 34.1 Å². The second-order valence-corrected chi connectivity index (χ2v) is 10.2. The van der Waals surface area contributed by atoms with Crippen LogP contribution < -0.4 is 10.2 Å². The third kappa shape index (κ3) is 4.58. The van der Waals surface area contributed by atoms with Crippen LogP contribution in [0, 0.1) is 17.6 Å². The average Bonchev–Trinajstić information content (AvgIpc) is 3.10. The molecule has 0 bridgehead atoms. The first-order chi connectivity index (χ1) is 17.7. The largest absolute Gasteiger partial charge is 0.372 e. The fraction of sp³-hybridized carbons (Fsp3) is 0.296. The number of halogens is 4. The summed E-state index contributed by atoms with van der Waals surface area (Å²) >= 11 is 12.0. The molecule has 37 heavy (non-hydrogen) atoms. The molecule has 1 saturated carbocycles. The van der Waals surface area contributed by atoms with Crippen molar-refractivity contribution in [3.63, 3.8) is 0 Å². The van der Waals surface area contributed by atoms with Crippen molar-refractivity contribution in [2.45, 2.75) is 37.3 Å².